The maximum absolute atomic E-state index is 12.4. The number of benzene rings is 1. The van der Waals surface area contributed by atoms with E-state index in [1.807, 2.05) is 0 Å². The van der Waals surface area contributed by atoms with Crippen molar-refractivity contribution in [3.8, 4) is 5.88 Å². The van der Waals surface area contributed by atoms with E-state index in [9.17, 15) is 19.5 Å². The fraction of sp³-hybridized carbons (Fsp3) is 0.286. The molecule has 1 atom stereocenters. The third-order valence-electron chi connectivity index (χ3n) is 4.80. The Morgan fingerprint density at radius 3 is 2.53 bits per heavy atom. The number of methoxy groups -OCH3 is 1. The number of ether oxygens (including phenoxy) is 1. The van der Waals surface area contributed by atoms with Crippen LogP contribution in [0.3, 0.4) is 0 Å². The Kier molecular flexibility index (Phi) is 7.69. The van der Waals surface area contributed by atoms with Gasteiger partial charge in [-0.15, -0.1) is 0 Å². The number of carbonyl (C=O) groups is 3. The molecule has 3 aromatic rings. The van der Waals surface area contributed by atoms with E-state index in [0.29, 0.717) is 29.1 Å². The lowest BCUT2D eigenvalue weighted by Gasteiger charge is -2.14. The van der Waals surface area contributed by atoms with Gasteiger partial charge in [-0.1, -0.05) is 0 Å². The minimum absolute atomic E-state index is 0.0142. The number of nitrogens with two attached hydrogens (primary N) is 1. The molecule has 0 saturated carbocycles. The Hall–Kier alpha value is -4.55. The van der Waals surface area contributed by atoms with E-state index in [-0.39, 0.29) is 36.1 Å². The molecule has 34 heavy (non-hydrogen) atoms. The zero-order valence-electron chi connectivity index (χ0n) is 18.5. The van der Waals surface area contributed by atoms with Crippen LogP contribution in [0.5, 0.6) is 5.88 Å². The van der Waals surface area contributed by atoms with Gasteiger partial charge in [-0.05, 0) is 30.7 Å². The summed E-state index contributed by atoms with van der Waals surface area (Å²) in [5.41, 5.74) is 7.90. The number of rotatable bonds is 10. The number of anilines is 2. The van der Waals surface area contributed by atoms with Gasteiger partial charge in [-0.3, -0.25) is 9.59 Å². The predicted molar refractivity (Wildman–Crippen MR) is 122 cm³/mol. The zero-order valence-corrected chi connectivity index (χ0v) is 18.5. The maximum Gasteiger partial charge on any atom is 0.326 e. The van der Waals surface area contributed by atoms with Gasteiger partial charge in [-0.2, -0.15) is 9.97 Å². The Bertz CT molecular complexity index is 1200. The number of carbonyl (C=O) groups excluding carboxylic acids is 2. The summed E-state index contributed by atoms with van der Waals surface area (Å²) in [6.07, 6.45) is 1.52. The van der Waals surface area contributed by atoms with Crippen molar-refractivity contribution in [2.45, 2.75) is 25.4 Å². The first-order valence-electron chi connectivity index (χ1n) is 10.2. The molecule has 178 valence electrons. The molecule has 0 radical (unpaired) electrons. The summed E-state index contributed by atoms with van der Waals surface area (Å²) in [4.78, 5) is 51.9. The number of nitrogen functional groups attached to an aromatic ring is 1. The lowest BCUT2D eigenvalue weighted by Crippen LogP contribution is -2.41. The maximum atomic E-state index is 12.4. The van der Waals surface area contributed by atoms with Crippen LogP contribution in [-0.4, -0.2) is 63.0 Å². The SMILES string of the molecule is CNC(=O)CC[C@H](NC(=O)c1ccc(NCc2cnc3nc(N)nc(OC)c3n2)cc1)C(=O)O. The van der Waals surface area contributed by atoms with E-state index in [0.717, 1.165) is 0 Å². The predicted octanol–water partition coefficient (Wildman–Crippen LogP) is 0.332. The van der Waals surface area contributed by atoms with Crippen LogP contribution >= 0.6 is 0 Å². The molecule has 0 saturated heterocycles. The van der Waals surface area contributed by atoms with Crippen LogP contribution in [-0.2, 0) is 16.1 Å². The highest BCUT2D eigenvalue weighted by Gasteiger charge is 2.21. The minimum atomic E-state index is -1.21. The number of carboxylic acids is 1. The van der Waals surface area contributed by atoms with E-state index in [4.69, 9.17) is 10.5 Å². The van der Waals surface area contributed by atoms with Gasteiger partial charge in [0, 0.05) is 24.7 Å². The van der Waals surface area contributed by atoms with Gasteiger partial charge < -0.3 is 31.5 Å². The smallest absolute Gasteiger partial charge is 0.326 e. The van der Waals surface area contributed by atoms with Crippen molar-refractivity contribution in [2.24, 2.45) is 0 Å². The molecule has 13 nitrogen and oxygen atoms in total. The summed E-state index contributed by atoms with van der Waals surface area (Å²) in [7, 11) is 2.91. The number of hydrogen-bond donors (Lipinski definition) is 5. The molecule has 0 fully saturated rings. The Labute approximate surface area is 194 Å². The Morgan fingerprint density at radius 1 is 1.15 bits per heavy atom. The highest BCUT2D eigenvalue weighted by Crippen LogP contribution is 2.20. The number of nitrogens with one attached hydrogen (secondary N) is 3. The average Bonchev–Trinajstić information content (AvgIpc) is 2.84. The van der Waals surface area contributed by atoms with Crippen molar-refractivity contribution < 1.29 is 24.2 Å². The molecule has 2 aromatic heterocycles. The van der Waals surface area contributed by atoms with Crippen LogP contribution in [0.25, 0.3) is 11.2 Å². The summed E-state index contributed by atoms with van der Waals surface area (Å²) in [6, 6.07) is 5.29. The third kappa shape index (κ3) is 6.03. The summed E-state index contributed by atoms with van der Waals surface area (Å²) in [6.45, 7) is 0.322. The van der Waals surface area contributed by atoms with E-state index in [1.165, 1.54) is 14.2 Å². The van der Waals surface area contributed by atoms with Gasteiger partial charge in [0.05, 0.1) is 25.5 Å². The van der Waals surface area contributed by atoms with E-state index >= 15 is 0 Å². The lowest BCUT2D eigenvalue weighted by molar-refractivity contribution is -0.139. The van der Waals surface area contributed by atoms with Gasteiger partial charge in [-0.25, -0.2) is 14.8 Å². The highest BCUT2D eigenvalue weighted by atomic mass is 16.5. The topological polar surface area (TPSA) is 194 Å². The van der Waals surface area contributed by atoms with E-state index in [1.54, 1.807) is 30.5 Å². The third-order valence-corrected chi connectivity index (χ3v) is 4.80. The monoisotopic (exact) mass is 468 g/mol. The quantitative estimate of drug-likeness (QED) is 0.275. The molecule has 13 heteroatoms. The molecular weight excluding hydrogens is 444 g/mol. The number of aliphatic carboxylic acids is 1. The van der Waals surface area contributed by atoms with Gasteiger partial charge in [0.2, 0.25) is 17.7 Å². The lowest BCUT2D eigenvalue weighted by atomic mass is 10.1. The molecule has 6 N–H and O–H groups in total. The van der Waals surface area contributed by atoms with Crippen molar-refractivity contribution >= 4 is 40.6 Å². The van der Waals surface area contributed by atoms with Crippen LogP contribution < -0.4 is 26.4 Å². The summed E-state index contributed by atoms with van der Waals surface area (Å²) in [5.74, 6) is -1.81. The first-order chi connectivity index (χ1) is 16.3. The van der Waals surface area contributed by atoms with E-state index in [2.05, 4.69) is 35.9 Å². The van der Waals surface area contributed by atoms with Crippen molar-refractivity contribution in [3.63, 3.8) is 0 Å². The molecule has 2 amide bonds. The van der Waals surface area contributed by atoms with Crippen molar-refractivity contribution in [1.29, 1.82) is 0 Å². The number of amides is 2. The van der Waals surface area contributed by atoms with Crippen LogP contribution in [0.15, 0.2) is 30.5 Å². The fourth-order valence-electron chi connectivity index (χ4n) is 2.99. The second-order valence-corrected chi connectivity index (χ2v) is 7.13. The molecule has 0 spiro atoms. The van der Waals surface area contributed by atoms with Gasteiger partial charge in [0.15, 0.2) is 11.2 Å². The number of nitrogens with zero attached hydrogens (tertiary/aromatic N) is 4. The molecule has 0 unspecified atom stereocenters. The Morgan fingerprint density at radius 2 is 1.88 bits per heavy atom. The molecule has 1 aromatic carbocycles. The van der Waals surface area contributed by atoms with Crippen LogP contribution in [0.2, 0.25) is 0 Å². The molecule has 2 heterocycles. The van der Waals surface area contributed by atoms with Gasteiger partial charge in [0.1, 0.15) is 6.04 Å². The van der Waals surface area contributed by atoms with Crippen LogP contribution in [0, 0.1) is 0 Å². The first-order valence-corrected chi connectivity index (χ1v) is 10.2. The van der Waals surface area contributed by atoms with Crippen molar-refractivity contribution in [1.82, 2.24) is 30.6 Å². The molecule has 0 aliphatic carbocycles. The second kappa shape index (κ2) is 10.8. The fourth-order valence-corrected chi connectivity index (χ4v) is 2.99. The number of hydrogen-bond acceptors (Lipinski definition) is 10. The summed E-state index contributed by atoms with van der Waals surface area (Å²) >= 11 is 0. The first kappa shape index (κ1) is 24.1. The van der Waals surface area contributed by atoms with Gasteiger partial charge >= 0.3 is 5.97 Å². The zero-order chi connectivity index (χ0) is 24.7. The highest BCUT2D eigenvalue weighted by molar-refractivity contribution is 5.97. The van der Waals surface area contributed by atoms with Crippen LogP contribution in [0.1, 0.15) is 28.9 Å². The summed E-state index contributed by atoms with van der Waals surface area (Å²) in [5, 5.41) is 17.3. The normalized spacial score (nSPS) is 11.5. The van der Waals surface area contributed by atoms with Crippen LogP contribution in [0.4, 0.5) is 11.6 Å². The number of fused-ring (bicyclic) bond motifs is 1. The molecule has 3 rings (SSSR count). The number of carboxylic acid groups (broad SMARTS) is 1. The molecule has 0 bridgehead atoms. The minimum Gasteiger partial charge on any atom is -0.480 e. The second-order valence-electron chi connectivity index (χ2n) is 7.13. The van der Waals surface area contributed by atoms with Crippen molar-refractivity contribution in [2.75, 3.05) is 25.2 Å². The molecule has 0 aliphatic heterocycles. The van der Waals surface area contributed by atoms with Crippen molar-refractivity contribution in [3.05, 3.63) is 41.7 Å². The number of aromatic nitrogens is 4. The summed E-state index contributed by atoms with van der Waals surface area (Å²) < 4.78 is 5.19. The average molecular weight is 468 g/mol. The molecular formula is C21H24N8O5. The Balaban J connectivity index is 1.62. The largest absolute Gasteiger partial charge is 0.480 e. The molecule has 0 aliphatic rings. The van der Waals surface area contributed by atoms with E-state index < -0.39 is 17.9 Å². The van der Waals surface area contributed by atoms with Gasteiger partial charge in [0.25, 0.3) is 5.91 Å². The standard InChI is InChI=1S/C21H24N8O5/c1-23-15(30)8-7-14(20(32)33)27-18(31)11-3-5-12(6-4-11)24-9-13-10-25-17-16(26-13)19(34-2)29-21(22)28-17/h3-6,10,14,24H,7-9H2,1-2H3,(H,23,30)(H,27,31)(H,32,33)(H2,22,25,28,29)/t14-/m0/s1.